The predicted octanol–water partition coefficient (Wildman–Crippen LogP) is 1.64. The number of carbonyl (C=O) groups excluding carboxylic acids is 1. The Hall–Kier alpha value is -3.29. The van der Waals surface area contributed by atoms with Gasteiger partial charge in [0.05, 0.1) is 14.2 Å². The Balaban J connectivity index is 1.61. The van der Waals surface area contributed by atoms with Gasteiger partial charge in [-0.2, -0.15) is 0 Å². The van der Waals surface area contributed by atoms with Crippen LogP contribution in [0.5, 0.6) is 11.5 Å². The van der Waals surface area contributed by atoms with Gasteiger partial charge in [-0.3, -0.25) is 9.20 Å². The summed E-state index contributed by atoms with van der Waals surface area (Å²) in [4.78, 5) is 24.6. The van der Waals surface area contributed by atoms with E-state index in [4.69, 9.17) is 9.47 Å². The lowest BCUT2D eigenvalue weighted by Crippen LogP contribution is -2.27. The van der Waals surface area contributed by atoms with Crippen LogP contribution in [0.25, 0.3) is 5.65 Å². The highest BCUT2D eigenvalue weighted by Crippen LogP contribution is 2.29. The maximum Gasteiger partial charge on any atom is 0.350 e. The van der Waals surface area contributed by atoms with E-state index in [1.807, 2.05) is 13.0 Å². The molecule has 0 radical (unpaired) electrons. The van der Waals surface area contributed by atoms with Crippen molar-refractivity contribution < 1.29 is 14.3 Å². The monoisotopic (exact) mass is 370 g/mol. The molecule has 0 bridgehead atoms. The number of nitrogens with zero attached hydrogens (tertiary/aromatic N) is 3. The first-order chi connectivity index (χ1) is 13.0. The van der Waals surface area contributed by atoms with Gasteiger partial charge in [0, 0.05) is 30.4 Å². The second-order valence-electron chi connectivity index (χ2n) is 6.05. The Morgan fingerprint density at radius 1 is 1.19 bits per heavy atom. The molecular formula is C19H22N4O4. The molecule has 2 heterocycles. The van der Waals surface area contributed by atoms with Crippen LogP contribution >= 0.6 is 0 Å². The highest BCUT2D eigenvalue weighted by molar-refractivity contribution is 5.95. The van der Waals surface area contributed by atoms with Crippen molar-refractivity contribution in [1.82, 2.24) is 19.5 Å². The van der Waals surface area contributed by atoms with Crippen LogP contribution in [0.15, 0.2) is 41.3 Å². The highest BCUT2D eigenvalue weighted by atomic mass is 16.5. The Bertz CT molecular complexity index is 997. The first-order valence-electron chi connectivity index (χ1n) is 8.60. The number of nitrogens with one attached hydrogen (secondary N) is 1. The summed E-state index contributed by atoms with van der Waals surface area (Å²) in [6, 6.07) is 8.75. The number of amides is 1. The molecule has 1 aromatic carbocycles. The third kappa shape index (κ3) is 3.79. The molecule has 8 nitrogen and oxygen atoms in total. The predicted molar refractivity (Wildman–Crippen MR) is 101 cm³/mol. The molecule has 0 unspecified atom stereocenters. The van der Waals surface area contributed by atoms with Gasteiger partial charge in [0.25, 0.3) is 5.91 Å². The lowest BCUT2D eigenvalue weighted by atomic mass is 10.1. The summed E-state index contributed by atoms with van der Waals surface area (Å²) in [7, 11) is 3.10. The van der Waals surface area contributed by atoms with Crippen LogP contribution in [0.1, 0.15) is 22.3 Å². The summed E-state index contributed by atoms with van der Waals surface area (Å²) in [6.45, 7) is 2.70. The van der Waals surface area contributed by atoms with Gasteiger partial charge >= 0.3 is 5.69 Å². The Morgan fingerprint density at radius 3 is 2.52 bits per heavy atom. The van der Waals surface area contributed by atoms with Crippen LogP contribution in [-0.4, -0.2) is 40.9 Å². The number of hydrogen-bond acceptors (Lipinski definition) is 5. The maximum absolute atomic E-state index is 12.4. The smallest absolute Gasteiger partial charge is 0.350 e. The van der Waals surface area contributed by atoms with Gasteiger partial charge in [0.15, 0.2) is 5.65 Å². The van der Waals surface area contributed by atoms with E-state index in [2.05, 4.69) is 10.4 Å². The number of aryl methyl sites for hydroxylation is 1. The minimum absolute atomic E-state index is 0.190. The Morgan fingerprint density at radius 2 is 1.89 bits per heavy atom. The summed E-state index contributed by atoms with van der Waals surface area (Å²) >= 11 is 0. The second-order valence-corrected chi connectivity index (χ2v) is 6.05. The molecule has 0 atom stereocenters. The van der Waals surface area contributed by atoms with Gasteiger partial charge in [-0.1, -0.05) is 6.07 Å². The number of methoxy groups -OCH3 is 2. The first kappa shape index (κ1) is 18.5. The van der Waals surface area contributed by atoms with Crippen molar-refractivity contribution in [3.05, 3.63) is 58.1 Å². The number of ether oxygens (including phenoxy) is 2. The molecule has 0 fully saturated rings. The molecule has 0 spiro atoms. The zero-order valence-electron chi connectivity index (χ0n) is 15.6. The summed E-state index contributed by atoms with van der Waals surface area (Å²) in [6.07, 6.45) is 2.26. The van der Waals surface area contributed by atoms with Crippen molar-refractivity contribution in [3.8, 4) is 11.5 Å². The normalized spacial score (nSPS) is 10.8. The van der Waals surface area contributed by atoms with E-state index in [1.54, 1.807) is 44.7 Å². The van der Waals surface area contributed by atoms with Crippen molar-refractivity contribution in [3.63, 3.8) is 0 Å². The highest BCUT2D eigenvalue weighted by Gasteiger charge is 2.13. The SMILES string of the molecule is COc1cc(C(=O)NCCCn2nc3ccccn3c2=O)cc(OC)c1C. The summed E-state index contributed by atoms with van der Waals surface area (Å²) < 4.78 is 13.5. The molecule has 27 heavy (non-hydrogen) atoms. The van der Waals surface area contributed by atoms with E-state index in [-0.39, 0.29) is 11.6 Å². The first-order valence-corrected chi connectivity index (χ1v) is 8.60. The molecule has 1 amide bonds. The van der Waals surface area contributed by atoms with E-state index in [0.29, 0.717) is 42.2 Å². The molecule has 3 aromatic rings. The average Bonchev–Trinajstić information content (AvgIpc) is 3.01. The number of fused-ring (bicyclic) bond motifs is 1. The molecule has 0 aliphatic heterocycles. The second kappa shape index (κ2) is 7.94. The fraction of sp³-hybridized carbons (Fsp3) is 0.316. The minimum Gasteiger partial charge on any atom is -0.496 e. The average molecular weight is 370 g/mol. The molecule has 1 N–H and O–H groups in total. The molecule has 0 aliphatic carbocycles. The molecule has 0 saturated heterocycles. The fourth-order valence-corrected chi connectivity index (χ4v) is 2.86. The van der Waals surface area contributed by atoms with Crippen LogP contribution in [0.2, 0.25) is 0 Å². The maximum atomic E-state index is 12.4. The lowest BCUT2D eigenvalue weighted by Gasteiger charge is -2.12. The van der Waals surface area contributed by atoms with Crippen LogP contribution in [-0.2, 0) is 6.54 Å². The van der Waals surface area contributed by atoms with Crippen LogP contribution in [0.3, 0.4) is 0 Å². The largest absolute Gasteiger partial charge is 0.496 e. The van der Waals surface area contributed by atoms with E-state index in [9.17, 15) is 9.59 Å². The number of aromatic nitrogens is 3. The molecule has 142 valence electrons. The third-order valence-electron chi connectivity index (χ3n) is 4.34. The number of pyridine rings is 1. The van der Waals surface area contributed by atoms with Crippen LogP contribution < -0.4 is 20.5 Å². The van der Waals surface area contributed by atoms with Crippen LogP contribution in [0, 0.1) is 6.92 Å². The summed E-state index contributed by atoms with van der Waals surface area (Å²) in [5, 5.41) is 7.11. The standard InChI is InChI=1S/C19H22N4O4/c1-13-15(26-2)11-14(12-16(13)27-3)18(24)20-8-6-10-23-19(25)22-9-5-4-7-17(22)21-23/h4-5,7,9,11-12H,6,8,10H2,1-3H3,(H,20,24). The minimum atomic E-state index is -0.228. The Labute approximate surface area is 156 Å². The van der Waals surface area contributed by atoms with Gasteiger partial charge in [-0.15, -0.1) is 5.10 Å². The number of carbonyl (C=O) groups is 1. The van der Waals surface area contributed by atoms with E-state index < -0.39 is 0 Å². The van der Waals surface area contributed by atoms with Gasteiger partial charge in [-0.05, 0) is 37.6 Å². The molecule has 8 heteroatoms. The zero-order chi connectivity index (χ0) is 19.4. The van der Waals surface area contributed by atoms with Crippen molar-refractivity contribution in [2.24, 2.45) is 0 Å². The van der Waals surface area contributed by atoms with Gasteiger partial charge in [0.2, 0.25) is 0 Å². The number of rotatable bonds is 7. The summed E-state index contributed by atoms with van der Waals surface area (Å²) in [5.41, 5.74) is 1.71. The van der Waals surface area contributed by atoms with Crippen molar-refractivity contribution in [1.29, 1.82) is 0 Å². The van der Waals surface area contributed by atoms with E-state index in [1.165, 1.54) is 9.08 Å². The van der Waals surface area contributed by atoms with E-state index in [0.717, 1.165) is 5.56 Å². The van der Waals surface area contributed by atoms with Gasteiger partial charge < -0.3 is 14.8 Å². The summed E-state index contributed by atoms with van der Waals surface area (Å²) in [5.74, 6) is 0.959. The molecule has 0 saturated carbocycles. The lowest BCUT2D eigenvalue weighted by molar-refractivity contribution is 0.0952. The Kier molecular flexibility index (Phi) is 5.44. The fourth-order valence-electron chi connectivity index (χ4n) is 2.86. The molecule has 3 rings (SSSR count). The van der Waals surface area contributed by atoms with Crippen LogP contribution in [0.4, 0.5) is 0 Å². The number of hydrogen-bond donors (Lipinski definition) is 1. The zero-order valence-corrected chi connectivity index (χ0v) is 15.6. The topological polar surface area (TPSA) is 86.9 Å². The molecule has 0 aliphatic rings. The third-order valence-corrected chi connectivity index (χ3v) is 4.34. The molecule has 2 aromatic heterocycles. The van der Waals surface area contributed by atoms with E-state index >= 15 is 0 Å². The number of benzene rings is 1. The van der Waals surface area contributed by atoms with Gasteiger partial charge in [0.1, 0.15) is 11.5 Å². The van der Waals surface area contributed by atoms with Gasteiger partial charge in [-0.25, -0.2) is 9.48 Å². The quantitative estimate of drug-likeness (QED) is 0.639. The van der Waals surface area contributed by atoms with Crippen molar-refractivity contribution >= 4 is 11.6 Å². The molecular weight excluding hydrogens is 348 g/mol. The van der Waals surface area contributed by atoms with Crippen molar-refractivity contribution in [2.45, 2.75) is 19.9 Å². The van der Waals surface area contributed by atoms with Crippen molar-refractivity contribution in [2.75, 3.05) is 20.8 Å².